The lowest BCUT2D eigenvalue weighted by Crippen LogP contribution is -2.27. The van der Waals surface area contributed by atoms with E-state index in [9.17, 15) is 13.2 Å². The van der Waals surface area contributed by atoms with Crippen LogP contribution in [0.15, 0.2) is 71.6 Å². The number of carbonyl (C=O) groups is 1. The van der Waals surface area contributed by atoms with E-state index in [-0.39, 0.29) is 22.1 Å². The predicted molar refractivity (Wildman–Crippen MR) is 121 cm³/mol. The molecule has 0 fully saturated rings. The van der Waals surface area contributed by atoms with Crippen molar-refractivity contribution in [3.05, 3.63) is 87.9 Å². The van der Waals surface area contributed by atoms with Gasteiger partial charge in [-0.1, -0.05) is 53.5 Å². The summed E-state index contributed by atoms with van der Waals surface area (Å²) in [5.41, 5.74) is 0.902. The van der Waals surface area contributed by atoms with Crippen LogP contribution in [0.3, 0.4) is 0 Å². The number of hydrogen-bond donors (Lipinski definition) is 0. The Bertz CT molecular complexity index is 1210. The fourth-order valence-corrected chi connectivity index (χ4v) is 4.45. The van der Waals surface area contributed by atoms with Crippen molar-refractivity contribution in [2.45, 2.75) is 11.5 Å². The fourth-order valence-electron chi connectivity index (χ4n) is 2.84. The highest BCUT2D eigenvalue weighted by atomic mass is 35.5. The van der Waals surface area contributed by atoms with Crippen LogP contribution in [0.2, 0.25) is 10.0 Å². The monoisotopic (exact) mass is 479 g/mol. The second-order valence-corrected chi connectivity index (χ2v) is 9.24. The number of ether oxygens (including phenoxy) is 2. The SMILES string of the molecule is COc1ccccc1N(C)S(=O)(=O)c1ccc(Cl)c(C(=O)OCc2ccccc2Cl)c1. The number of rotatable bonds is 7. The van der Waals surface area contributed by atoms with Gasteiger partial charge >= 0.3 is 5.97 Å². The number of hydrogen-bond acceptors (Lipinski definition) is 5. The smallest absolute Gasteiger partial charge is 0.340 e. The molecule has 0 radical (unpaired) electrons. The van der Waals surface area contributed by atoms with Crippen LogP contribution >= 0.6 is 23.2 Å². The van der Waals surface area contributed by atoms with Gasteiger partial charge in [0.05, 0.1) is 28.3 Å². The van der Waals surface area contributed by atoms with Crippen molar-refractivity contribution in [3.8, 4) is 5.75 Å². The molecule has 0 aliphatic carbocycles. The molecule has 162 valence electrons. The normalized spacial score (nSPS) is 11.1. The van der Waals surface area contributed by atoms with Crippen molar-refractivity contribution in [1.82, 2.24) is 0 Å². The highest BCUT2D eigenvalue weighted by Crippen LogP contribution is 2.32. The maximum atomic E-state index is 13.2. The minimum Gasteiger partial charge on any atom is -0.495 e. The van der Waals surface area contributed by atoms with E-state index < -0.39 is 16.0 Å². The van der Waals surface area contributed by atoms with Crippen LogP contribution in [0.25, 0.3) is 0 Å². The first-order chi connectivity index (χ1) is 14.8. The Labute approximate surface area is 191 Å². The molecule has 6 nitrogen and oxygen atoms in total. The molecular formula is C22H19Cl2NO5S. The van der Waals surface area contributed by atoms with E-state index in [1.165, 1.54) is 32.4 Å². The van der Waals surface area contributed by atoms with Gasteiger partial charge < -0.3 is 9.47 Å². The van der Waals surface area contributed by atoms with E-state index in [1.54, 1.807) is 48.5 Å². The number of carbonyl (C=O) groups excluding carboxylic acids is 1. The van der Waals surface area contributed by atoms with Crippen LogP contribution in [0.1, 0.15) is 15.9 Å². The van der Waals surface area contributed by atoms with Crippen LogP contribution < -0.4 is 9.04 Å². The van der Waals surface area contributed by atoms with Crippen LogP contribution in [0, 0.1) is 0 Å². The van der Waals surface area contributed by atoms with E-state index >= 15 is 0 Å². The second kappa shape index (κ2) is 9.60. The Kier molecular flexibility index (Phi) is 7.10. The summed E-state index contributed by atoms with van der Waals surface area (Å²) in [4.78, 5) is 12.5. The first-order valence-corrected chi connectivity index (χ1v) is 11.3. The summed E-state index contributed by atoms with van der Waals surface area (Å²) in [6.45, 7) is -0.0765. The molecule has 0 aliphatic heterocycles. The quantitative estimate of drug-likeness (QED) is 0.436. The molecule has 0 spiro atoms. The van der Waals surface area contributed by atoms with Gasteiger partial charge in [-0.15, -0.1) is 0 Å². The Hall–Kier alpha value is -2.74. The Morgan fingerprint density at radius 3 is 2.35 bits per heavy atom. The lowest BCUT2D eigenvalue weighted by atomic mass is 10.2. The van der Waals surface area contributed by atoms with Gasteiger partial charge in [0.15, 0.2) is 0 Å². The molecule has 0 N–H and O–H groups in total. The molecule has 0 heterocycles. The van der Waals surface area contributed by atoms with Gasteiger partial charge in [0, 0.05) is 17.6 Å². The number of sulfonamides is 1. The van der Waals surface area contributed by atoms with Gasteiger partial charge in [-0.2, -0.15) is 0 Å². The summed E-state index contributed by atoms with van der Waals surface area (Å²) in [7, 11) is -1.15. The van der Waals surface area contributed by atoms with Gasteiger partial charge in [0.1, 0.15) is 12.4 Å². The third-order valence-corrected chi connectivity index (χ3v) is 7.02. The molecule has 3 rings (SSSR count). The van der Waals surface area contributed by atoms with E-state index in [0.717, 1.165) is 4.31 Å². The maximum absolute atomic E-state index is 13.2. The summed E-state index contributed by atoms with van der Waals surface area (Å²) in [5.74, 6) is -0.371. The van der Waals surface area contributed by atoms with Crippen molar-refractivity contribution in [2.24, 2.45) is 0 Å². The van der Waals surface area contributed by atoms with E-state index in [4.69, 9.17) is 32.7 Å². The molecule has 0 bridgehead atoms. The minimum atomic E-state index is -4.01. The number of anilines is 1. The van der Waals surface area contributed by atoms with Crippen LogP contribution in [-0.4, -0.2) is 28.5 Å². The molecule has 31 heavy (non-hydrogen) atoms. The zero-order valence-electron chi connectivity index (χ0n) is 16.7. The molecule has 0 saturated heterocycles. The van der Waals surface area contributed by atoms with Crippen LogP contribution in [-0.2, 0) is 21.4 Å². The van der Waals surface area contributed by atoms with Crippen LogP contribution in [0.4, 0.5) is 5.69 Å². The standard InChI is InChI=1S/C22H19Cl2NO5S/c1-25(20-9-5-6-10-21(20)29-2)31(27,28)16-11-12-19(24)17(13-16)22(26)30-14-15-7-3-4-8-18(15)23/h3-13H,14H2,1-2H3. The Balaban J connectivity index is 1.89. The molecule has 9 heteroatoms. The summed E-state index contributed by atoms with van der Waals surface area (Å²) >= 11 is 12.2. The molecule has 0 amide bonds. The Morgan fingerprint density at radius 2 is 1.65 bits per heavy atom. The Morgan fingerprint density at radius 1 is 0.968 bits per heavy atom. The zero-order chi connectivity index (χ0) is 22.6. The molecule has 0 aliphatic rings. The minimum absolute atomic E-state index is 0.0665. The second-order valence-electron chi connectivity index (χ2n) is 6.45. The third-order valence-electron chi connectivity index (χ3n) is 4.56. The van der Waals surface area contributed by atoms with Gasteiger partial charge in [-0.25, -0.2) is 13.2 Å². The first kappa shape index (κ1) is 22.9. The van der Waals surface area contributed by atoms with E-state index in [1.807, 2.05) is 0 Å². The molecule has 0 atom stereocenters. The summed E-state index contributed by atoms with van der Waals surface area (Å²) in [6, 6.07) is 17.5. The number of para-hydroxylation sites is 2. The number of methoxy groups -OCH3 is 1. The van der Waals surface area contributed by atoms with E-state index in [2.05, 4.69) is 0 Å². The van der Waals surface area contributed by atoms with Crippen molar-refractivity contribution < 1.29 is 22.7 Å². The molecule has 3 aromatic rings. The van der Waals surface area contributed by atoms with Crippen molar-refractivity contribution >= 4 is 44.9 Å². The average Bonchev–Trinajstić information content (AvgIpc) is 2.77. The lowest BCUT2D eigenvalue weighted by Gasteiger charge is -2.22. The van der Waals surface area contributed by atoms with Crippen molar-refractivity contribution in [1.29, 1.82) is 0 Å². The van der Waals surface area contributed by atoms with Crippen LogP contribution in [0.5, 0.6) is 5.75 Å². The molecular weight excluding hydrogens is 461 g/mol. The highest BCUT2D eigenvalue weighted by Gasteiger charge is 2.26. The fraction of sp³-hybridized carbons (Fsp3) is 0.136. The number of halogens is 2. The van der Waals surface area contributed by atoms with Crippen molar-refractivity contribution in [3.63, 3.8) is 0 Å². The summed E-state index contributed by atoms with van der Waals surface area (Å²) < 4.78 is 38.0. The molecule has 0 aromatic heterocycles. The van der Waals surface area contributed by atoms with Crippen molar-refractivity contribution in [2.75, 3.05) is 18.5 Å². The average molecular weight is 480 g/mol. The first-order valence-electron chi connectivity index (χ1n) is 9.07. The third kappa shape index (κ3) is 4.95. The summed E-state index contributed by atoms with van der Waals surface area (Å²) in [6.07, 6.45) is 0. The predicted octanol–water partition coefficient (Wildman–Crippen LogP) is 5.18. The molecule has 0 saturated carbocycles. The topological polar surface area (TPSA) is 72.9 Å². The highest BCUT2D eigenvalue weighted by molar-refractivity contribution is 7.92. The number of benzene rings is 3. The van der Waals surface area contributed by atoms with Gasteiger partial charge in [0.2, 0.25) is 0 Å². The summed E-state index contributed by atoms with van der Waals surface area (Å²) in [5, 5.41) is 0.527. The zero-order valence-corrected chi connectivity index (χ0v) is 19.0. The molecule has 0 unspecified atom stereocenters. The number of nitrogens with zero attached hydrogens (tertiary/aromatic N) is 1. The largest absolute Gasteiger partial charge is 0.495 e. The lowest BCUT2D eigenvalue weighted by molar-refractivity contribution is 0.0473. The number of esters is 1. The maximum Gasteiger partial charge on any atom is 0.340 e. The van der Waals surface area contributed by atoms with E-state index in [0.29, 0.717) is 22.0 Å². The van der Waals surface area contributed by atoms with Gasteiger partial charge in [0.25, 0.3) is 10.0 Å². The van der Waals surface area contributed by atoms with Gasteiger partial charge in [-0.3, -0.25) is 4.31 Å². The molecule has 3 aromatic carbocycles. The van der Waals surface area contributed by atoms with Gasteiger partial charge in [-0.05, 0) is 36.4 Å².